The second kappa shape index (κ2) is 3.93. The predicted molar refractivity (Wildman–Crippen MR) is 67.1 cm³/mol. The van der Waals surface area contributed by atoms with Crippen LogP contribution < -0.4 is 15.2 Å². The fraction of sp³-hybridized carbons (Fsp3) is 0.500. The third-order valence-corrected chi connectivity index (χ3v) is 3.30. The van der Waals surface area contributed by atoms with Crippen LogP contribution in [0, 0.1) is 6.92 Å². The van der Waals surface area contributed by atoms with Gasteiger partial charge in [0, 0.05) is 11.1 Å². The van der Waals surface area contributed by atoms with Crippen molar-refractivity contribution < 1.29 is 9.47 Å². The lowest BCUT2D eigenvalue weighted by atomic mass is 9.91. The van der Waals surface area contributed by atoms with Crippen molar-refractivity contribution in [1.29, 1.82) is 0 Å². The third kappa shape index (κ3) is 1.92. The molecular weight excluding hydrogens is 270 g/mol. The number of nitrogens with two attached hydrogens (primary N) is 1. The number of hydrogen-bond donors (Lipinski definition) is 1. The maximum atomic E-state index is 6.14. The van der Waals surface area contributed by atoms with Gasteiger partial charge >= 0.3 is 0 Å². The van der Waals surface area contributed by atoms with Gasteiger partial charge in [-0.3, -0.25) is 0 Å². The molecule has 1 aromatic rings. The van der Waals surface area contributed by atoms with Gasteiger partial charge in [0.05, 0.1) is 4.47 Å². The summed E-state index contributed by atoms with van der Waals surface area (Å²) in [7, 11) is 0. The quantitative estimate of drug-likeness (QED) is 0.863. The highest BCUT2D eigenvalue weighted by Gasteiger charge is 2.25. The zero-order valence-corrected chi connectivity index (χ0v) is 11.3. The van der Waals surface area contributed by atoms with Gasteiger partial charge in [-0.15, -0.1) is 0 Å². The smallest absolute Gasteiger partial charge is 0.175 e. The molecule has 88 valence electrons. The van der Waals surface area contributed by atoms with Crippen LogP contribution in [0.5, 0.6) is 11.5 Å². The van der Waals surface area contributed by atoms with Crippen LogP contribution in [-0.2, 0) is 5.54 Å². The van der Waals surface area contributed by atoms with Crippen LogP contribution in [-0.4, -0.2) is 13.2 Å². The van der Waals surface area contributed by atoms with Crippen molar-refractivity contribution in [3.05, 3.63) is 21.7 Å². The Bertz CT molecular complexity index is 424. The Morgan fingerprint density at radius 1 is 1.25 bits per heavy atom. The van der Waals surface area contributed by atoms with Gasteiger partial charge in [-0.05, 0) is 48.3 Å². The van der Waals surface area contributed by atoms with Crippen molar-refractivity contribution in [3.8, 4) is 11.5 Å². The molecule has 0 aromatic heterocycles. The van der Waals surface area contributed by atoms with Crippen LogP contribution in [0.25, 0.3) is 0 Å². The fourth-order valence-electron chi connectivity index (χ4n) is 1.97. The monoisotopic (exact) mass is 285 g/mol. The van der Waals surface area contributed by atoms with Gasteiger partial charge in [0.1, 0.15) is 13.2 Å². The topological polar surface area (TPSA) is 44.5 Å². The normalized spacial score (nSPS) is 15.1. The van der Waals surface area contributed by atoms with E-state index in [1.807, 2.05) is 26.8 Å². The molecule has 2 N–H and O–H groups in total. The Kier molecular flexibility index (Phi) is 2.88. The molecule has 0 spiro atoms. The Morgan fingerprint density at radius 2 is 1.81 bits per heavy atom. The molecule has 4 heteroatoms. The number of halogens is 1. The highest BCUT2D eigenvalue weighted by molar-refractivity contribution is 9.10. The molecule has 16 heavy (non-hydrogen) atoms. The lowest BCUT2D eigenvalue weighted by Crippen LogP contribution is -2.30. The first kappa shape index (κ1) is 11.7. The molecule has 0 amide bonds. The van der Waals surface area contributed by atoms with Gasteiger partial charge in [-0.1, -0.05) is 0 Å². The molecule has 1 aliphatic heterocycles. The number of benzene rings is 1. The van der Waals surface area contributed by atoms with Gasteiger partial charge in [0.25, 0.3) is 0 Å². The van der Waals surface area contributed by atoms with Gasteiger partial charge in [-0.2, -0.15) is 0 Å². The minimum Gasteiger partial charge on any atom is -0.486 e. The SMILES string of the molecule is Cc1c(C(C)(C)N)cc(Br)c2c1OCCO2. The summed E-state index contributed by atoms with van der Waals surface area (Å²) in [4.78, 5) is 0. The molecule has 1 heterocycles. The van der Waals surface area contributed by atoms with E-state index in [-0.39, 0.29) is 5.54 Å². The number of ether oxygens (including phenoxy) is 2. The lowest BCUT2D eigenvalue weighted by molar-refractivity contribution is 0.168. The maximum absolute atomic E-state index is 6.14. The van der Waals surface area contributed by atoms with E-state index in [0.717, 1.165) is 27.1 Å². The number of rotatable bonds is 1. The summed E-state index contributed by atoms with van der Waals surface area (Å²) in [6.07, 6.45) is 0. The van der Waals surface area contributed by atoms with E-state index in [1.165, 1.54) is 0 Å². The largest absolute Gasteiger partial charge is 0.486 e. The van der Waals surface area contributed by atoms with Crippen molar-refractivity contribution in [2.75, 3.05) is 13.2 Å². The van der Waals surface area contributed by atoms with E-state index in [0.29, 0.717) is 13.2 Å². The lowest BCUT2D eigenvalue weighted by Gasteiger charge is -2.28. The molecule has 0 unspecified atom stereocenters. The van der Waals surface area contributed by atoms with Crippen molar-refractivity contribution in [3.63, 3.8) is 0 Å². The summed E-state index contributed by atoms with van der Waals surface area (Å²) < 4.78 is 12.2. The molecule has 0 aliphatic carbocycles. The zero-order chi connectivity index (χ0) is 11.9. The van der Waals surface area contributed by atoms with E-state index in [9.17, 15) is 0 Å². The molecule has 2 rings (SSSR count). The highest BCUT2D eigenvalue weighted by atomic mass is 79.9. The van der Waals surface area contributed by atoms with Crippen molar-refractivity contribution in [2.24, 2.45) is 5.73 Å². The van der Waals surface area contributed by atoms with E-state index >= 15 is 0 Å². The van der Waals surface area contributed by atoms with Gasteiger partial charge in [0.2, 0.25) is 0 Å². The first-order valence-corrected chi connectivity index (χ1v) is 6.08. The third-order valence-electron chi connectivity index (χ3n) is 2.71. The second-order valence-corrected chi connectivity index (χ2v) is 5.46. The molecule has 1 aliphatic rings. The molecular formula is C12H16BrNO2. The maximum Gasteiger partial charge on any atom is 0.175 e. The standard InChI is InChI=1S/C12H16BrNO2/c1-7-8(12(2,3)14)6-9(13)11-10(7)15-4-5-16-11/h6H,4-5,14H2,1-3H3. The molecule has 0 saturated heterocycles. The summed E-state index contributed by atoms with van der Waals surface area (Å²) in [5.41, 5.74) is 7.89. The molecule has 3 nitrogen and oxygen atoms in total. The van der Waals surface area contributed by atoms with Gasteiger partial charge in [0.15, 0.2) is 11.5 Å². The fourth-order valence-corrected chi connectivity index (χ4v) is 2.49. The van der Waals surface area contributed by atoms with Gasteiger partial charge in [-0.25, -0.2) is 0 Å². The van der Waals surface area contributed by atoms with E-state index in [4.69, 9.17) is 15.2 Å². The highest BCUT2D eigenvalue weighted by Crippen LogP contribution is 2.43. The Hall–Kier alpha value is -0.740. The minimum absolute atomic E-state index is 0.386. The molecule has 0 radical (unpaired) electrons. The van der Waals surface area contributed by atoms with Crippen LogP contribution in [0.1, 0.15) is 25.0 Å². The summed E-state index contributed by atoms with van der Waals surface area (Å²) in [6.45, 7) is 7.17. The first-order chi connectivity index (χ1) is 7.41. The van der Waals surface area contributed by atoms with Crippen molar-refractivity contribution in [1.82, 2.24) is 0 Å². The number of hydrogen-bond acceptors (Lipinski definition) is 3. The van der Waals surface area contributed by atoms with E-state index in [2.05, 4.69) is 15.9 Å². The summed E-state index contributed by atoms with van der Waals surface area (Å²) in [5, 5.41) is 0. The number of fused-ring (bicyclic) bond motifs is 1. The average molecular weight is 286 g/mol. The average Bonchev–Trinajstić information content (AvgIpc) is 2.22. The summed E-state index contributed by atoms with van der Waals surface area (Å²) in [5.74, 6) is 1.60. The van der Waals surface area contributed by atoms with Crippen LogP contribution in [0.15, 0.2) is 10.5 Å². The zero-order valence-electron chi connectivity index (χ0n) is 9.76. The second-order valence-electron chi connectivity index (χ2n) is 4.61. The summed E-state index contributed by atoms with van der Waals surface area (Å²) >= 11 is 3.50. The van der Waals surface area contributed by atoms with Crippen molar-refractivity contribution >= 4 is 15.9 Å². The predicted octanol–water partition coefficient (Wildman–Crippen LogP) is 2.72. The first-order valence-electron chi connectivity index (χ1n) is 5.29. The Morgan fingerprint density at radius 3 is 2.38 bits per heavy atom. The van der Waals surface area contributed by atoms with E-state index in [1.54, 1.807) is 0 Å². The molecule has 0 saturated carbocycles. The van der Waals surface area contributed by atoms with E-state index < -0.39 is 0 Å². The molecule has 0 fully saturated rings. The Labute approximate surface area is 104 Å². The van der Waals surface area contributed by atoms with Crippen LogP contribution in [0.3, 0.4) is 0 Å². The van der Waals surface area contributed by atoms with Crippen LogP contribution in [0.4, 0.5) is 0 Å². The minimum atomic E-state index is -0.386. The van der Waals surface area contributed by atoms with Crippen molar-refractivity contribution in [2.45, 2.75) is 26.3 Å². The van der Waals surface area contributed by atoms with Gasteiger partial charge < -0.3 is 15.2 Å². The van der Waals surface area contributed by atoms with Crippen LogP contribution >= 0.6 is 15.9 Å². The Balaban J connectivity index is 2.63. The molecule has 1 aromatic carbocycles. The summed E-state index contributed by atoms with van der Waals surface area (Å²) in [6, 6.07) is 2.02. The molecule has 0 bridgehead atoms. The van der Waals surface area contributed by atoms with Crippen LogP contribution in [0.2, 0.25) is 0 Å². The molecule has 0 atom stereocenters.